The predicted octanol–water partition coefficient (Wildman–Crippen LogP) is 6.13. The minimum Gasteiger partial charge on any atom is -0.308 e. The minimum absolute atomic E-state index is 0.305. The molecule has 23 heavy (non-hydrogen) atoms. The van der Waals surface area contributed by atoms with Crippen molar-refractivity contribution in [3.63, 3.8) is 0 Å². The van der Waals surface area contributed by atoms with Gasteiger partial charge in [0.05, 0.1) is 13.2 Å². The smallest absolute Gasteiger partial charge is 0.308 e. The van der Waals surface area contributed by atoms with Crippen LogP contribution in [0.25, 0.3) is 0 Å². The van der Waals surface area contributed by atoms with E-state index < -0.39 is 13.3 Å². The van der Waals surface area contributed by atoms with Gasteiger partial charge in [0.2, 0.25) is 0 Å². The highest BCUT2D eigenvalue weighted by Gasteiger charge is 2.34. The number of hydrogen-bond donors (Lipinski definition) is 0. The summed E-state index contributed by atoms with van der Waals surface area (Å²) in [6.45, 7) is 6.39. The Morgan fingerprint density at radius 1 is 0.783 bits per heavy atom. The molecule has 0 fully saturated rings. The van der Waals surface area contributed by atoms with E-state index in [4.69, 9.17) is 9.05 Å². The van der Waals surface area contributed by atoms with Gasteiger partial charge in [-0.3, -0.25) is 4.57 Å². The van der Waals surface area contributed by atoms with Crippen LogP contribution >= 0.6 is 7.60 Å². The first-order valence-electron chi connectivity index (χ1n) is 9.48. The monoisotopic (exact) mass is 348 g/mol. The van der Waals surface area contributed by atoms with E-state index in [1.807, 2.05) is 0 Å². The topological polar surface area (TPSA) is 52.6 Å². The van der Waals surface area contributed by atoms with Crippen molar-refractivity contribution < 1.29 is 18.4 Å². The zero-order valence-electron chi connectivity index (χ0n) is 15.4. The van der Waals surface area contributed by atoms with Crippen molar-refractivity contribution in [2.45, 2.75) is 97.1 Å². The van der Waals surface area contributed by atoms with E-state index in [0.717, 1.165) is 19.1 Å². The molecule has 0 aromatic heterocycles. The Bertz CT molecular complexity index is 310. The Kier molecular flexibility index (Phi) is 15.2. The lowest BCUT2D eigenvalue weighted by Crippen LogP contribution is -2.15. The average molecular weight is 348 g/mol. The quantitative estimate of drug-likeness (QED) is 0.180. The highest BCUT2D eigenvalue weighted by Crippen LogP contribution is 2.53. The maximum Gasteiger partial charge on any atom is 0.340 e. The molecule has 1 unspecified atom stereocenters. The highest BCUT2D eigenvalue weighted by atomic mass is 31.2. The number of aldehydes is 1. The third-order valence-corrected chi connectivity index (χ3v) is 6.46. The molecule has 1 atom stereocenters. The molecule has 0 spiro atoms. The summed E-state index contributed by atoms with van der Waals surface area (Å²) in [6, 6.07) is 0. The molecule has 0 aliphatic carbocycles. The second kappa shape index (κ2) is 15.4. The maximum atomic E-state index is 12.6. The van der Waals surface area contributed by atoms with Crippen molar-refractivity contribution in [1.82, 2.24) is 0 Å². The van der Waals surface area contributed by atoms with Gasteiger partial charge in [-0.2, -0.15) is 0 Å². The van der Waals surface area contributed by atoms with E-state index in [0.29, 0.717) is 19.6 Å². The lowest BCUT2D eigenvalue weighted by molar-refractivity contribution is -0.108. The Morgan fingerprint density at radius 3 is 1.61 bits per heavy atom. The molecule has 5 heteroatoms. The third kappa shape index (κ3) is 11.1. The second-order valence-corrected chi connectivity index (χ2v) is 8.31. The lowest BCUT2D eigenvalue weighted by atomic mass is 10.1. The SMILES string of the molecule is CCCCCCCCCCCCC(C=O)P(=O)(OCC)OCC. The van der Waals surface area contributed by atoms with Crippen LogP contribution in [-0.4, -0.2) is 25.2 Å². The van der Waals surface area contributed by atoms with Crippen LogP contribution in [0.5, 0.6) is 0 Å². The summed E-state index contributed by atoms with van der Waals surface area (Å²) in [5.74, 6) is 0. The molecule has 0 heterocycles. The summed E-state index contributed by atoms with van der Waals surface area (Å²) in [7, 11) is -3.27. The first-order valence-corrected chi connectivity index (χ1v) is 11.1. The third-order valence-electron chi connectivity index (χ3n) is 4.03. The van der Waals surface area contributed by atoms with Crippen molar-refractivity contribution in [2.24, 2.45) is 0 Å². The normalized spacial score (nSPS) is 13.2. The predicted molar refractivity (Wildman–Crippen MR) is 97.2 cm³/mol. The van der Waals surface area contributed by atoms with Crippen LogP contribution in [0.15, 0.2) is 0 Å². The van der Waals surface area contributed by atoms with Gasteiger partial charge < -0.3 is 13.8 Å². The van der Waals surface area contributed by atoms with E-state index in [1.54, 1.807) is 13.8 Å². The molecule has 0 aliphatic rings. The number of hydrogen-bond acceptors (Lipinski definition) is 4. The number of rotatable bonds is 17. The molecule has 0 bridgehead atoms. The Balaban J connectivity index is 3.82. The van der Waals surface area contributed by atoms with Gasteiger partial charge in [0.25, 0.3) is 0 Å². The van der Waals surface area contributed by atoms with Crippen molar-refractivity contribution in [3.05, 3.63) is 0 Å². The largest absolute Gasteiger partial charge is 0.340 e. The van der Waals surface area contributed by atoms with Crippen LogP contribution in [0.2, 0.25) is 0 Å². The minimum atomic E-state index is -3.27. The summed E-state index contributed by atoms with van der Waals surface area (Å²) < 4.78 is 23.1. The van der Waals surface area contributed by atoms with Gasteiger partial charge >= 0.3 is 7.60 Å². The molecule has 138 valence electrons. The Morgan fingerprint density at radius 2 is 1.22 bits per heavy atom. The molecular formula is C18H37O4P. The summed E-state index contributed by atoms with van der Waals surface area (Å²) in [5, 5.41) is 0. The van der Waals surface area contributed by atoms with Gasteiger partial charge in [0, 0.05) is 0 Å². The number of carbonyl (C=O) groups is 1. The molecule has 0 saturated heterocycles. The summed E-state index contributed by atoms with van der Waals surface area (Å²) in [6.07, 6.45) is 13.8. The summed E-state index contributed by atoms with van der Waals surface area (Å²) >= 11 is 0. The standard InChI is InChI=1S/C18H37O4P/c1-4-7-8-9-10-11-12-13-14-15-16-18(17-19)23(20,21-5-2)22-6-3/h17-18H,4-16H2,1-3H3. The fourth-order valence-corrected chi connectivity index (χ4v) is 4.56. The van der Waals surface area contributed by atoms with Crippen LogP contribution in [0, 0.1) is 0 Å². The molecule has 0 saturated carbocycles. The highest BCUT2D eigenvalue weighted by molar-refractivity contribution is 7.55. The zero-order valence-corrected chi connectivity index (χ0v) is 16.3. The first kappa shape index (κ1) is 22.8. The lowest BCUT2D eigenvalue weighted by Gasteiger charge is -2.22. The molecule has 0 rings (SSSR count). The maximum absolute atomic E-state index is 12.6. The van der Waals surface area contributed by atoms with E-state index >= 15 is 0 Å². The number of carbonyl (C=O) groups excluding carboxylic acids is 1. The van der Waals surface area contributed by atoms with Crippen LogP contribution in [0.4, 0.5) is 0 Å². The van der Waals surface area contributed by atoms with Gasteiger partial charge in [-0.25, -0.2) is 0 Å². The molecule has 0 aromatic carbocycles. The summed E-state index contributed by atoms with van der Waals surface area (Å²) in [4.78, 5) is 11.3. The molecule has 4 nitrogen and oxygen atoms in total. The zero-order chi connectivity index (χ0) is 17.4. The molecule has 0 amide bonds. The fraction of sp³-hybridized carbons (Fsp3) is 0.944. The van der Waals surface area contributed by atoms with Crippen molar-refractivity contribution >= 4 is 13.9 Å². The van der Waals surface area contributed by atoms with Gasteiger partial charge in [-0.15, -0.1) is 0 Å². The molecule has 0 aliphatic heterocycles. The molecule has 0 aromatic rings. The van der Waals surface area contributed by atoms with Gasteiger partial charge in [-0.05, 0) is 20.3 Å². The van der Waals surface area contributed by atoms with Gasteiger partial charge in [0.15, 0.2) is 0 Å². The Hall–Kier alpha value is -0.180. The average Bonchev–Trinajstić information content (AvgIpc) is 2.53. The van der Waals surface area contributed by atoms with Crippen LogP contribution in [0.3, 0.4) is 0 Å². The van der Waals surface area contributed by atoms with Crippen LogP contribution < -0.4 is 0 Å². The second-order valence-electron chi connectivity index (χ2n) is 6.05. The Labute approximate surface area is 143 Å². The van der Waals surface area contributed by atoms with E-state index in [9.17, 15) is 9.36 Å². The number of unbranched alkanes of at least 4 members (excludes halogenated alkanes) is 9. The van der Waals surface area contributed by atoms with Crippen molar-refractivity contribution in [2.75, 3.05) is 13.2 Å². The van der Waals surface area contributed by atoms with Crippen molar-refractivity contribution in [1.29, 1.82) is 0 Å². The molecular weight excluding hydrogens is 311 g/mol. The molecule has 0 radical (unpaired) electrons. The first-order chi connectivity index (χ1) is 11.1. The van der Waals surface area contributed by atoms with Crippen molar-refractivity contribution in [3.8, 4) is 0 Å². The van der Waals surface area contributed by atoms with Gasteiger partial charge in [0.1, 0.15) is 11.9 Å². The molecule has 0 N–H and O–H groups in total. The van der Waals surface area contributed by atoms with E-state index in [2.05, 4.69) is 6.92 Å². The fourth-order valence-electron chi connectivity index (χ4n) is 2.73. The van der Waals surface area contributed by atoms with Crippen LogP contribution in [0.1, 0.15) is 91.4 Å². The van der Waals surface area contributed by atoms with Crippen LogP contribution in [-0.2, 0) is 18.4 Å². The van der Waals surface area contributed by atoms with E-state index in [-0.39, 0.29) is 0 Å². The van der Waals surface area contributed by atoms with Gasteiger partial charge in [-0.1, -0.05) is 71.1 Å². The summed E-state index contributed by atoms with van der Waals surface area (Å²) in [5.41, 5.74) is -0.614. The van der Waals surface area contributed by atoms with E-state index in [1.165, 1.54) is 51.4 Å².